The number of aromatic amines is 1. The molecule has 1 aliphatic heterocycles. The number of aryl methyl sites for hydroxylation is 3. The Morgan fingerprint density at radius 3 is 2.74 bits per heavy atom. The molecule has 39 heavy (non-hydrogen) atoms. The Balaban J connectivity index is 1.15. The van der Waals surface area contributed by atoms with Crippen LogP contribution in [0.5, 0.6) is 5.75 Å². The highest BCUT2D eigenvalue weighted by molar-refractivity contribution is 7.11. The second-order valence-corrected chi connectivity index (χ2v) is 11.8. The fourth-order valence-corrected chi connectivity index (χ4v) is 6.88. The standard InChI is InChI=1S/C33H29N3O2S/c1-20-9-13-24(39-20)19-36-16-15-22-11-10-21(17-30(22)36)5-4-8-29-31(26-6-2-3-7-28(26)34-29)32-27-18-23(37)12-14-25(27)33(38)35-32/h2-3,6-7,9-18,32,34,37H,4-5,8,19H2,1H3,(H,35,38). The number of fused-ring (bicyclic) bond motifs is 3. The van der Waals surface area contributed by atoms with E-state index in [1.165, 1.54) is 26.2 Å². The monoisotopic (exact) mass is 531 g/mol. The summed E-state index contributed by atoms with van der Waals surface area (Å²) >= 11 is 1.86. The lowest BCUT2D eigenvalue weighted by atomic mass is 9.94. The molecule has 0 bridgehead atoms. The average Bonchev–Trinajstić information content (AvgIpc) is 3.69. The Hall–Kier alpha value is -4.29. The van der Waals surface area contributed by atoms with Crippen molar-refractivity contribution in [3.63, 3.8) is 0 Å². The van der Waals surface area contributed by atoms with Crippen molar-refractivity contribution >= 4 is 39.0 Å². The van der Waals surface area contributed by atoms with Crippen molar-refractivity contribution in [3.05, 3.63) is 123 Å². The van der Waals surface area contributed by atoms with Crippen LogP contribution >= 0.6 is 11.3 Å². The van der Waals surface area contributed by atoms with Crippen LogP contribution in [0, 0.1) is 6.92 Å². The average molecular weight is 532 g/mol. The number of aromatic hydroxyl groups is 1. The van der Waals surface area contributed by atoms with Gasteiger partial charge in [0.15, 0.2) is 0 Å². The second kappa shape index (κ2) is 9.47. The van der Waals surface area contributed by atoms with Crippen molar-refractivity contribution in [2.45, 2.75) is 38.8 Å². The number of hydrogen-bond donors (Lipinski definition) is 3. The summed E-state index contributed by atoms with van der Waals surface area (Å²) in [5.74, 6) is 0.0752. The Kier molecular flexibility index (Phi) is 5.78. The first-order chi connectivity index (χ1) is 19.0. The van der Waals surface area contributed by atoms with Gasteiger partial charge in [-0.2, -0.15) is 0 Å². The molecular formula is C33H29N3O2S. The van der Waals surface area contributed by atoms with Gasteiger partial charge in [-0.3, -0.25) is 4.79 Å². The molecule has 1 amide bonds. The van der Waals surface area contributed by atoms with E-state index in [2.05, 4.69) is 76.5 Å². The van der Waals surface area contributed by atoms with Gasteiger partial charge in [-0.15, -0.1) is 11.3 Å². The lowest BCUT2D eigenvalue weighted by Crippen LogP contribution is -2.20. The van der Waals surface area contributed by atoms with Crippen LogP contribution in [-0.2, 0) is 19.4 Å². The van der Waals surface area contributed by atoms with Gasteiger partial charge in [0.25, 0.3) is 5.91 Å². The molecular weight excluding hydrogens is 502 g/mol. The van der Waals surface area contributed by atoms with E-state index in [4.69, 9.17) is 0 Å². The van der Waals surface area contributed by atoms with Gasteiger partial charge in [-0.1, -0.05) is 30.3 Å². The third-order valence-electron chi connectivity index (χ3n) is 7.84. The summed E-state index contributed by atoms with van der Waals surface area (Å²) in [6.45, 7) is 3.05. The van der Waals surface area contributed by atoms with Gasteiger partial charge >= 0.3 is 0 Å². The minimum atomic E-state index is -0.286. The number of phenols is 1. The molecule has 0 saturated carbocycles. The molecule has 1 atom stereocenters. The Labute approximate surface area is 230 Å². The lowest BCUT2D eigenvalue weighted by Gasteiger charge is -2.15. The molecule has 0 radical (unpaired) electrons. The van der Waals surface area contributed by atoms with Crippen molar-refractivity contribution in [2.75, 3.05) is 0 Å². The third kappa shape index (κ3) is 4.31. The fourth-order valence-electron chi connectivity index (χ4n) is 5.99. The number of rotatable bonds is 7. The van der Waals surface area contributed by atoms with E-state index in [-0.39, 0.29) is 17.7 Å². The minimum Gasteiger partial charge on any atom is -0.508 e. The van der Waals surface area contributed by atoms with E-state index < -0.39 is 0 Å². The summed E-state index contributed by atoms with van der Waals surface area (Å²) in [6.07, 6.45) is 4.98. The van der Waals surface area contributed by atoms with Gasteiger partial charge in [-0.05, 0) is 91.2 Å². The largest absolute Gasteiger partial charge is 0.508 e. The van der Waals surface area contributed by atoms with Gasteiger partial charge < -0.3 is 20.0 Å². The van der Waals surface area contributed by atoms with Crippen LogP contribution in [0.1, 0.15) is 55.0 Å². The number of carbonyl (C=O) groups excluding carboxylic acids is 1. The highest BCUT2D eigenvalue weighted by Crippen LogP contribution is 2.39. The van der Waals surface area contributed by atoms with Crippen LogP contribution < -0.4 is 5.32 Å². The zero-order valence-electron chi connectivity index (χ0n) is 21.7. The summed E-state index contributed by atoms with van der Waals surface area (Å²) < 4.78 is 2.34. The summed E-state index contributed by atoms with van der Waals surface area (Å²) in [4.78, 5) is 19.1. The van der Waals surface area contributed by atoms with Crippen LogP contribution in [-0.4, -0.2) is 20.6 Å². The summed E-state index contributed by atoms with van der Waals surface area (Å²) in [6, 6.07) is 26.4. The van der Waals surface area contributed by atoms with Crippen molar-refractivity contribution in [2.24, 2.45) is 0 Å². The predicted octanol–water partition coefficient (Wildman–Crippen LogP) is 7.25. The number of hydrogen-bond acceptors (Lipinski definition) is 3. The van der Waals surface area contributed by atoms with Crippen LogP contribution in [0.2, 0.25) is 0 Å². The topological polar surface area (TPSA) is 70.0 Å². The number of carbonyl (C=O) groups is 1. The second-order valence-electron chi connectivity index (χ2n) is 10.4. The van der Waals surface area contributed by atoms with Gasteiger partial charge in [0.2, 0.25) is 0 Å². The zero-order chi connectivity index (χ0) is 26.5. The van der Waals surface area contributed by atoms with Gasteiger partial charge in [0, 0.05) is 49.2 Å². The molecule has 4 heterocycles. The van der Waals surface area contributed by atoms with Crippen molar-refractivity contribution < 1.29 is 9.90 Å². The van der Waals surface area contributed by atoms with E-state index in [9.17, 15) is 9.90 Å². The third-order valence-corrected chi connectivity index (χ3v) is 8.82. The molecule has 6 aromatic rings. The predicted molar refractivity (Wildman–Crippen MR) is 158 cm³/mol. The number of nitrogens with one attached hydrogen (secondary N) is 2. The molecule has 7 rings (SSSR count). The van der Waals surface area contributed by atoms with Crippen LogP contribution in [0.3, 0.4) is 0 Å². The Morgan fingerprint density at radius 2 is 1.87 bits per heavy atom. The molecule has 0 fully saturated rings. The molecule has 3 aromatic carbocycles. The quantitative estimate of drug-likeness (QED) is 0.203. The SMILES string of the molecule is Cc1ccc(Cn2ccc3ccc(CCCc4[nH]c5ccccc5c4C4NC(=O)c5ccc(O)cc54)cc32)s1. The van der Waals surface area contributed by atoms with Gasteiger partial charge in [0.1, 0.15) is 5.75 Å². The molecule has 6 heteroatoms. The number of nitrogens with zero attached hydrogens (tertiary/aromatic N) is 1. The minimum absolute atomic E-state index is 0.0970. The van der Waals surface area contributed by atoms with Crippen molar-refractivity contribution in [3.8, 4) is 5.75 Å². The fraction of sp³-hybridized carbons (Fsp3) is 0.182. The van der Waals surface area contributed by atoms with Crippen LogP contribution in [0.4, 0.5) is 0 Å². The van der Waals surface area contributed by atoms with E-state index >= 15 is 0 Å². The van der Waals surface area contributed by atoms with E-state index in [1.807, 2.05) is 23.5 Å². The van der Waals surface area contributed by atoms with Crippen molar-refractivity contribution in [1.29, 1.82) is 0 Å². The summed E-state index contributed by atoms with van der Waals surface area (Å²) in [7, 11) is 0. The summed E-state index contributed by atoms with van der Waals surface area (Å²) in [5, 5.41) is 15.7. The Morgan fingerprint density at radius 1 is 0.974 bits per heavy atom. The van der Waals surface area contributed by atoms with Gasteiger partial charge in [-0.25, -0.2) is 0 Å². The normalized spacial score (nSPS) is 14.8. The van der Waals surface area contributed by atoms with E-state index in [0.29, 0.717) is 5.56 Å². The molecule has 3 N–H and O–H groups in total. The smallest absolute Gasteiger partial charge is 0.252 e. The molecule has 0 spiro atoms. The maximum absolute atomic E-state index is 12.8. The van der Waals surface area contributed by atoms with Crippen LogP contribution in [0.15, 0.2) is 85.1 Å². The molecule has 5 nitrogen and oxygen atoms in total. The number of H-pyrrole nitrogens is 1. The van der Waals surface area contributed by atoms with Crippen LogP contribution in [0.25, 0.3) is 21.8 Å². The summed E-state index contributed by atoms with van der Waals surface area (Å²) in [5.41, 5.74) is 7.35. The zero-order valence-corrected chi connectivity index (χ0v) is 22.5. The highest BCUT2D eigenvalue weighted by Gasteiger charge is 2.33. The number of thiophene rings is 1. The first-order valence-electron chi connectivity index (χ1n) is 13.4. The highest BCUT2D eigenvalue weighted by atomic mass is 32.1. The number of benzene rings is 3. The maximum atomic E-state index is 12.8. The van der Waals surface area contributed by atoms with Crippen molar-refractivity contribution in [1.82, 2.24) is 14.9 Å². The lowest BCUT2D eigenvalue weighted by molar-refractivity contribution is 0.0960. The maximum Gasteiger partial charge on any atom is 0.252 e. The number of amides is 1. The molecule has 3 aromatic heterocycles. The first kappa shape index (κ1) is 23.8. The Bertz CT molecular complexity index is 1860. The number of para-hydroxylation sites is 1. The molecule has 1 aliphatic rings. The molecule has 0 aliphatic carbocycles. The molecule has 1 unspecified atom stereocenters. The first-order valence-corrected chi connectivity index (χ1v) is 14.2. The number of phenolic OH excluding ortho intramolecular Hbond substituents is 1. The number of aromatic nitrogens is 2. The van der Waals surface area contributed by atoms with Gasteiger partial charge in [0.05, 0.1) is 12.6 Å². The molecule has 194 valence electrons. The van der Waals surface area contributed by atoms with E-state index in [1.54, 1.807) is 18.2 Å². The van der Waals surface area contributed by atoms with E-state index in [0.717, 1.165) is 53.5 Å². The molecule has 0 saturated heterocycles.